The maximum Gasteiger partial charge on any atom is 0.399 e. The number of rotatable bonds is 32. The first kappa shape index (κ1) is 60.2. The van der Waals surface area contributed by atoms with Crippen LogP contribution in [0.1, 0.15) is 161 Å². The monoisotopic (exact) mass is 801 g/mol. The minimum atomic E-state index is -3.66. The third-order valence-corrected chi connectivity index (χ3v) is 9.69. The number of esters is 2. The Bertz CT molecular complexity index is 876. The molecule has 0 aliphatic heterocycles. The standard InChI is InChI=1S/C13H28O3Si.C12H22O2.C11H20O2.C2H6O4S.CH4O/c1-15-13(14)11-9-7-5-3-4-6-8-10-12-17-16-2;1-3-4-5-6-7-8-9-10-11-12(13)14-2;1-2-3-4-5-6-7-8-9-10-11(12)13;1-5-7(3,4)6-2;1-2/h3-12,17H2,1-2H3;3H,1,4-11H2,2H3;2H,1,3-10H2,(H,12,13);1-2H3;2H,1H3. The fourth-order valence-corrected chi connectivity index (χ4v) is 5.54. The number of unbranched alkanes of at least 4 members (excludes halogenated alkanes) is 19. The number of ether oxygens (including phenoxy) is 2. The fourth-order valence-electron chi connectivity index (χ4n) is 4.56. The molecule has 0 rings (SSSR count). The summed E-state index contributed by atoms with van der Waals surface area (Å²) >= 11 is 0. The maximum atomic E-state index is 10.8. The van der Waals surface area contributed by atoms with Crippen LogP contribution >= 0.6 is 0 Å². The number of carbonyl (C=O) groups is 3. The summed E-state index contributed by atoms with van der Waals surface area (Å²) in [5.41, 5.74) is 0. The van der Waals surface area contributed by atoms with Gasteiger partial charge < -0.3 is 24.1 Å². The van der Waals surface area contributed by atoms with E-state index in [1.807, 2.05) is 19.3 Å². The molecule has 0 fully saturated rings. The van der Waals surface area contributed by atoms with Gasteiger partial charge in [-0.25, -0.2) is 0 Å². The van der Waals surface area contributed by atoms with Crippen molar-refractivity contribution in [2.75, 3.05) is 42.7 Å². The van der Waals surface area contributed by atoms with E-state index in [0.717, 1.165) is 72.7 Å². The predicted octanol–water partition coefficient (Wildman–Crippen LogP) is 8.80. The highest BCUT2D eigenvalue weighted by Crippen LogP contribution is 2.12. The Labute approximate surface area is 327 Å². The summed E-state index contributed by atoms with van der Waals surface area (Å²) in [5, 5.41) is 15.4. The van der Waals surface area contributed by atoms with E-state index in [1.54, 1.807) is 0 Å². The number of aliphatic hydroxyl groups excluding tert-OH is 1. The number of aliphatic carboxylic acids is 1. The van der Waals surface area contributed by atoms with Gasteiger partial charge in [-0.15, -0.1) is 13.2 Å². The predicted molar refractivity (Wildman–Crippen MR) is 219 cm³/mol. The summed E-state index contributed by atoms with van der Waals surface area (Å²) in [5.74, 6) is -0.837. The van der Waals surface area contributed by atoms with Gasteiger partial charge in [-0.1, -0.05) is 108 Å². The van der Waals surface area contributed by atoms with Gasteiger partial charge in [0.25, 0.3) is 0 Å². The highest BCUT2D eigenvalue weighted by atomic mass is 32.3. The summed E-state index contributed by atoms with van der Waals surface area (Å²) < 4.78 is 41.8. The Morgan fingerprint density at radius 1 is 0.528 bits per heavy atom. The van der Waals surface area contributed by atoms with Crippen molar-refractivity contribution in [3.05, 3.63) is 25.3 Å². The topological polar surface area (TPSA) is 172 Å². The van der Waals surface area contributed by atoms with E-state index < -0.39 is 16.4 Å². The third kappa shape index (κ3) is 68.4. The van der Waals surface area contributed by atoms with E-state index >= 15 is 0 Å². The van der Waals surface area contributed by atoms with Gasteiger partial charge in [0.05, 0.1) is 28.4 Å². The molecule has 0 amide bonds. The Balaban J connectivity index is -0.000000196. The van der Waals surface area contributed by atoms with Crippen LogP contribution in [0.5, 0.6) is 0 Å². The van der Waals surface area contributed by atoms with E-state index in [-0.39, 0.29) is 21.7 Å². The molecule has 53 heavy (non-hydrogen) atoms. The van der Waals surface area contributed by atoms with E-state index in [1.165, 1.54) is 110 Å². The number of methoxy groups -OCH3 is 2. The molecule has 0 spiro atoms. The van der Waals surface area contributed by atoms with Gasteiger partial charge >= 0.3 is 28.3 Å². The molecular weight excluding hydrogens is 721 g/mol. The van der Waals surface area contributed by atoms with Crippen molar-refractivity contribution in [2.45, 2.75) is 167 Å². The lowest BCUT2D eigenvalue weighted by molar-refractivity contribution is -0.141. The number of allylic oxidation sites excluding steroid dienone is 2. The Morgan fingerprint density at radius 2 is 0.830 bits per heavy atom. The molecule has 0 bridgehead atoms. The number of aliphatic hydroxyl groups is 1. The minimum Gasteiger partial charge on any atom is -0.481 e. The summed E-state index contributed by atoms with van der Waals surface area (Å²) in [6, 6.07) is 1.33. The molecule has 14 heteroatoms. The molecular formula is C39H80O12SSi. The second kappa shape index (κ2) is 54.2. The van der Waals surface area contributed by atoms with Crippen LogP contribution in [0.15, 0.2) is 25.3 Å². The zero-order chi connectivity index (χ0) is 41.3. The average molecular weight is 801 g/mol. The van der Waals surface area contributed by atoms with Crippen LogP contribution < -0.4 is 0 Å². The SMILES string of the molecule is C=CCCCCCCCCC(=O)O.C=CCCCCCCCCC(=O)OC.CO.COS(=O)(=O)OC.CO[SiH2]CCCCCCCCCCC(=O)OC. The number of carbonyl (C=O) groups excluding carboxylic acids is 2. The van der Waals surface area contributed by atoms with Gasteiger partial charge in [-0.3, -0.25) is 22.7 Å². The molecule has 0 saturated carbocycles. The van der Waals surface area contributed by atoms with Crippen molar-refractivity contribution in [2.24, 2.45) is 0 Å². The Hall–Kier alpha value is -2.10. The van der Waals surface area contributed by atoms with Gasteiger partial charge in [0.1, 0.15) is 0 Å². The highest BCUT2D eigenvalue weighted by Gasteiger charge is 2.02. The smallest absolute Gasteiger partial charge is 0.399 e. The normalized spacial score (nSPS) is 10.2. The summed E-state index contributed by atoms with van der Waals surface area (Å²) in [7, 11) is 3.93. The van der Waals surface area contributed by atoms with Crippen molar-refractivity contribution in [3.63, 3.8) is 0 Å². The van der Waals surface area contributed by atoms with Crippen LogP contribution in [0.3, 0.4) is 0 Å². The molecule has 318 valence electrons. The van der Waals surface area contributed by atoms with Crippen LogP contribution in [-0.4, -0.2) is 89.0 Å². The van der Waals surface area contributed by atoms with Crippen molar-refractivity contribution in [3.8, 4) is 0 Å². The van der Waals surface area contributed by atoms with Crippen LogP contribution in [0.4, 0.5) is 0 Å². The first-order valence-electron chi connectivity index (χ1n) is 19.4. The molecule has 0 aromatic heterocycles. The summed E-state index contributed by atoms with van der Waals surface area (Å²) in [6.45, 7) is 7.35. The van der Waals surface area contributed by atoms with Crippen LogP contribution in [-0.2, 0) is 47.0 Å². The molecule has 0 aliphatic carbocycles. The number of carboxylic acids is 1. The van der Waals surface area contributed by atoms with E-state index in [9.17, 15) is 22.8 Å². The zero-order valence-corrected chi connectivity index (χ0v) is 36.8. The molecule has 0 atom stereocenters. The van der Waals surface area contributed by atoms with Gasteiger partial charge in [0.2, 0.25) is 0 Å². The van der Waals surface area contributed by atoms with Gasteiger partial charge in [0.15, 0.2) is 9.76 Å². The fraction of sp³-hybridized carbons (Fsp3) is 0.821. The molecule has 0 unspecified atom stereocenters. The average Bonchev–Trinajstić information content (AvgIpc) is 3.17. The van der Waals surface area contributed by atoms with Crippen LogP contribution in [0.2, 0.25) is 6.04 Å². The summed E-state index contributed by atoms with van der Waals surface area (Å²) in [6.07, 6.45) is 31.6. The van der Waals surface area contributed by atoms with E-state index in [4.69, 9.17) is 14.6 Å². The quantitative estimate of drug-likeness (QED) is 0.0287. The maximum absolute atomic E-state index is 10.8. The lowest BCUT2D eigenvalue weighted by atomic mass is 10.1. The third-order valence-electron chi connectivity index (χ3n) is 7.68. The van der Waals surface area contributed by atoms with Crippen molar-refractivity contribution in [1.29, 1.82) is 0 Å². The molecule has 0 radical (unpaired) electrons. The Kier molecular flexibility index (Phi) is 61.6. The molecule has 0 aromatic carbocycles. The number of hydrogen-bond acceptors (Lipinski definition) is 11. The van der Waals surface area contributed by atoms with Crippen LogP contribution in [0, 0.1) is 0 Å². The van der Waals surface area contributed by atoms with Gasteiger partial charge in [-0.05, 0) is 51.0 Å². The number of hydrogen-bond donors (Lipinski definition) is 2. The minimum absolute atomic E-state index is 0.0766. The van der Waals surface area contributed by atoms with Crippen molar-refractivity contribution >= 4 is 38.1 Å². The lowest BCUT2D eigenvalue weighted by Gasteiger charge is -2.02. The second-order valence-corrected chi connectivity index (χ2v) is 15.3. The Morgan fingerprint density at radius 3 is 1.09 bits per heavy atom. The van der Waals surface area contributed by atoms with Crippen LogP contribution in [0.25, 0.3) is 0 Å². The molecule has 0 aromatic rings. The largest absolute Gasteiger partial charge is 0.481 e. The van der Waals surface area contributed by atoms with Crippen molar-refractivity contribution in [1.82, 2.24) is 0 Å². The van der Waals surface area contributed by atoms with E-state index in [2.05, 4.69) is 31.0 Å². The molecule has 12 nitrogen and oxygen atoms in total. The molecule has 2 N–H and O–H groups in total. The lowest BCUT2D eigenvalue weighted by Crippen LogP contribution is -2.02. The molecule has 0 saturated heterocycles. The first-order chi connectivity index (χ1) is 25.5. The molecule has 0 heterocycles. The zero-order valence-electron chi connectivity index (χ0n) is 34.5. The number of carboxylic acid groups (broad SMARTS) is 1. The summed E-state index contributed by atoms with van der Waals surface area (Å²) in [4.78, 5) is 31.8. The highest BCUT2D eigenvalue weighted by molar-refractivity contribution is 7.81. The van der Waals surface area contributed by atoms with Gasteiger partial charge in [0, 0.05) is 33.5 Å². The van der Waals surface area contributed by atoms with E-state index in [0.29, 0.717) is 19.3 Å². The van der Waals surface area contributed by atoms with Gasteiger partial charge in [-0.2, -0.15) is 8.42 Å². The second-order valence-electron chi connectivity index (χ2n) is 12.1. The molecule has 0 aliphatic rings. The first-order valence-corrected chi connectivity index (χ1v) is 22.3. The van der Waals surface area contributed by atoms with Crippen molar-refractivity contribution < 1.29 is 55.3 Å².